The van der Waals surface area contributed by atoms with Gasteiger partial charge in [-0.2, -0.15) is 0 Å². The van der Waals surface area contributed by atoms with Gasteiger partial charge in [-0.15, -0.1) is 0 Å². The molecule has 1 aliphatic rings. The molecule has 1 amide bonds. The molecule has 0 bridgehead atoms. The van der Waals surface area contributed by atoms with Crippen molar-refractivity contribution < 1.29 is 14.3 Å². The minimum atomic E-state index is -0.166. The van der Waals surface area contributed by atoms with E-state index in [9.17, 15) is 4.79 Å². The van der Waals surface area contributed by atoms with Crippen LogP contribution in [0.15, 0.2) is 42.5 Å². The molecule has 0 radical (unpaired) electrons. The number of nitrogens with one attached hydrogen (secondary N) is 1. The molecule has 138 valence electrons. The Labute approximate surface area is 155 Å². The van der Waals surface area contributed by atoms with Gasteiger partial charge in [-0.25, -0.2) is 0 Å². The predicted octanol–water partition coefficient (Wildman–Crippen LogP) is 3.79. The third-order valence-corrected chi connectivity index (χ3v) is 5.48. The first-order valence-electron chi connectivity index (χ1n) is 9.12. The average Bonchev–Trinajstić information content (AvgIpc) is 2.69. The highest BCUT2D eigenvalue weighted by Gasteiger charge is 2.37. The molecule has 1 saturated heterocycles. The summed E-state index contributed by atoms with van der Waals surface area (Å²) < 4.78 is 11.2. The Hall–Kier alpha value is -2.33. The van der Waals surface area contributed by atoms with Crippen molar-refractivity contribution in [3.63, 3.8) is 0 Å². The fourth-order valence-electron chi connectivity index (χ4n) is 3.62. The topological polar surface area (TPSA) is 47.6 Å². The van der Waals surface area contributed by atoms with Gasteiger partial charge in [-0.1, -0.05) is 24.3 Å². The van der Waals surface area contributed by atoms with E-state index >= 15 is 0 Å². The van der Waals surface area contributed by atoms with Gasteiger partial charge in [0, 0.05) is 36.3 Å². The van der Waals surface area contributed by atoms with E-state index in [0.717, 1.165) is 29.7 Å². The second kappa shape index (κ2) is 7.92. The van der Waals surface area contributed by atoms with Gasteiger partial charge in [0.2, 0.25) is 0 Å². The summed E-state index contributed by atoms with van der Waals surface area (Å²) in [6.45, 7) is 6.04. The number of amides is 1. The number of benzene rings is 2. The lowest BCUT2D eigenvalue weighted by Gasteiger charge is -2.38. The summed E-state index contributed by atoms with van der Waals surface area (Å²) in [5.41, 5.74) is 4.00. The number of carbonyl (C=O) groups is 1. The van der Waals surface area contributed by atoms with E-state index in [2.05, 4.69) is 18.3 Å². The maximum absolute atomic E-state index is 12.7. The number of rotatable bonds is 5. The summed E-state index contributed by atoms with van der Waals surface area (Å²) in [6, 6.07) is 13.9. The number of methoxy groups -OCH3 is 1. The maximum atomic E-state index is 12.7. The summed E-state index contributed by atoms with van der Waals surface area (Å²) in [4.78, 5) is 12.7. The smallest absolute Gasteiger partial charge is 0.251 e. The zero-order chi connectivity index (χ0) is 18.6. The van der Waals surface area contributed by atoms with Crippen LogP contribution in [0, 0.1) is 13.8 Å². The van der Waals surface area contributed by atoms with Gasteiger partial charge in [0.15, 0.2) is 0 Å². The number of ether oxygens (including phenoxy) is 2. The molecule has 3 rings (SSSR count). The number of para-hydroxylation sites is 1. The van der Waals surface area contributed by atoms with Crippen LogP contribution in [0.25, 0.3) is 0 Å². The quantitative estimate of drug-likeness (QED) is 0.890. The Balaban J connectivity index is 1.83. The van der Waals surface area contributed by atoms with Crippen molar-refractivity contribution in [2.45, 2.75) is 32.1 Å². The fraction of sp³-hybridized carbons (Fsp3) is 0.409. The molecule has 4 heteroatoms. The van der Waals surface area contributed by atoms with E-state index in [-0.39, 0.29) is 11.3 Å². The highest BCUT2D eigenvalue weighted by Crippen LogP contribution is 2.39. The summed E-state index contributed by atoms with van der Waals surface area (Å²) in [6.07, 6.45) is 1.72. The Bertz CT molecular complexity index is 779. The Morgan fingerprint density at radius 1 is 1.12 bits per heavy atom. The number of carbonyl (C=O) groups excluding carboxylic acids is 1. The van der Waals surface area contributed by atoms with Gasteiger partial charge >= 0.3 is 0 Å². The van der Waals surface area contributed by atoms with Crippen LogP contribution in [-0.4, -0.2) is 32.8 Å². The van der Waals surface area contributed by atoms with Gasteiger partial charge in [0.05, 0.1) is 7.11 Å². The van der Waals surface area contributed by atoms with Gasteiger partial charge in [0.1, 0.15) is 5.75 Å². The second-order valence-electron chi connectivity index (χ2n) is 7.07. The van der Waals surface area contributed by atoms with Crippen LogP contribution in [0.4, 0.5) is 0 Å². The third kappa shape index (κ3) is 3.75. The van der Waals surface area contributed by atoms with E-state index in [1.165, 1.54) is 5.56 Å². The van der Waals surface area contributed by atoms with Crippen molar-refractivity contribution in [2.24, 2.45) is 0 Å². The molecule has 0 aromatic heterocycles. The minimum absolute atomic E-state index is 0.0335. The van der Waals surface area contributed by atoms with Crippen molar-refractivity contribution >= 4 is 5.91 Å². The molecule has 0 atom stereocenters. The average molecular weight is 353 g/mol. The van der Waals surface area contributed by atoms with Gasteiger partial charge in [0.25, 0.3) is 5.91 Å². The molecule has 26 heavy (non-hydrogen) atoms. The van der Waals surface area contributed by atoms with Crippen LogP contribution >= 0.6 is 0 Å². The largest absolute Gasteiger partial charge is 0.496 e. The Morgan fingerprint density at radius 3 is 2.54 bits per heavy atom. The third-order valence-electron chi connectivity index (χ3n) is 5.48. The Kier molecular flexibility index (Phi) is 5.62. The van der Waals surface area contributed by atoms with Crippen LogP contribution in [0.3, 0.4) is 0 Å². The van der Waals surface area contributed by atoms with E-state index in [4.69, 9.17) is 9.47 Å². The highest BCUT2D eigenvalue weighted by molar-refractivity contribution is 5.94. The molecule has 2 aromatic carbocycles. The molecule has 0 aliphatic carbocycles. The van der Waals surface area contributed by atoms with E-state index in [1.807, 2.05) is 43.3 Å². The zero-order valence-electron chi connectivity index (χ0n) is 15.8. The van der Waals surface area contributed by atoms with E-state index in [0.29, 0.717) is 25.3 Å². The molecular formula is C22H27NO3. The van der Waals surface area contributed by atoms with Crippen molar-refractivity contribution in [3.05, 3.63) is 64.7 Å². The first-order chi connectivity index (χ1) is 12.6. The molecule has 2 aromatic rings. The molecule has 1 N–H and O–H groups in total. The van der Waals surface area contributed by atoms with Crippen LogP contribution in [0.5, 0.6) is 5.75 Å². The Morgan fingerprint density at radius 2 is 1.85 bits per heavy atom. The van der Waals surface area contributed by atoms with Crippen LogP contribution < -0.4 is 10.1 Å². The number of aryl methyl sites for hydroxylation is 2. The highest BCUT2D eigenvalue weighted by atomic mass is 16.5. The lowest BCUT2D eigenvalue weighted by molar-refractivity contribution is 0.0479. The molecule has 0 spiro atoms. The van der Waals surface area contributed by atoms with Crippen LogP contribution in [0.2, 0.25) is 0 Å². The molecule has 0 unspecified atom stereocenters. The van der Waals surface area contributed by atoms with Crippen LogP contribution in [0.1, 0.15) is 39.9 Å². The standard InChI is InChI=1S/C22H27NO3/c1-16-8-9-18(14-17(16)2)21(24)23-15-22(10-12-26-13-11-22)19-6-4-5-7-20(19)25-3/h4-9,14H,10-13,15H2,1-3H3,(H,23,24). The van der Waals surface area contributed by atoms with E-state index in [1.54, 1.807) is 7.11 Å². The van der Waals surface area contributed by atoms with Gasteiger partial charge in [-0.05, 0) is 56.0 Å². The molecular weight excluding hydrogens is 326 g/mol. The maximum Gasteiger partial charge on any atom is 0.251 e. The lowest BCUT2D eigenvalue weighted by atomic mass is 9.73. The second-order valence-corrected chi connectivity index (χ2v) is 7.07. The first-order valence-corrected chi connectivity index (χ1v) is 9.12. The van der Waals surface area contributed by atoms with E-state index < -0.39 is 0 Å². The molecule has 4 nitrogen and oxygen atoms in total. The molecule has 1 heterocycles. The lowest BCUT2D eigenvalue weighted by Crippen LogP contribution is -2.44. The van der Waals surface area contributed by atoms with Crippen molar-refractivity contribution in [2.75, 3.05) is 26.9 Å². The normalized spacial score (nSPS) is 16.1. The van der Waals surface area contributed by atoms with Crippen molar-refractivity contribution in [1.82, 2.24) is 5.32 Å². The predicted molar refractivity (Wildman–Crippen MR) is 103 cm³/mol. The first kappa shape index (κ1) is 18.5. The minimum Gasteiger partial charge on any atom is -0.496 e. The zero-order valence-corrected chi connectivity index (χ0v) is 15.8. The van der Waals surface area contributed by atoms with Gasteiger partial charge < -0.3 is 14.8 Å². The summed E-state index contributed by atoms with van der Waals surface area (Å²) in [5, 5.41) is 3.16. The molecule has 1 fully saturated rings. The van der Waals surface area contributed by atoms with Crippen LogP contribution in [-0.2, 0) is 10.2 Å². The molecule has 0 saturated carbocycles. The van der Waals surface area contributed by atoms with Crippen molar-refractivity contribution in [3.8, 4) is 5.75 Å². The summed E-state index contributed by atoms with van der Waals surface area (Å²) in [5.74, 6) is 0.837. The van der Waals surface area contributed by atoms with Crippen molar-refractivity contribution in [1.29, 1.82) is 0 Å². The molecule has 1 aliphatic heterocycles. The summed E-state index contributed by atoms with van der Waals surface area (Å²) in [7, 11) is 1.69. The van der Waals surface area contributed by atoms with Gasteiger partial charge in [-0.3, -0.25) is 4.79 Å². The SMILES string of the molecule is COc1ccccc1C1(CNC(=O)c2ccc(C)c(C)c2)CCOCC1. The number of hydrogen-bond donors (Lipinski definition) is 1. The summed E-state index contributed by atoms with van der Waals surface area (Å²) >= 11 is 0. The monoisotopic (exact) mass is 353 g/mol. The number of hydrogen-bond acceptors (Lipinski definition) is 3. The fourth-order valence-corrected chi connectivity index (χ4v) is 3.62.